The summed E-state index contributed by atoms with van der Waals surface area (Å²) < 4.78 is 2.07. The Balaban J connectivity index is 2.16. The summed E-state index contributed by atoms with van der Waals surface area (Å²) in [4.78, 5) is 4.04. The molecule has 1 unspecified atom stereocenters. The molecule has 3 nitrogen and oxygen atoms in total. The maximum absolute atomic E-state index is 5.84. The molecule has 0 aliphatic rings. The Morgan fingerprint density at radius 1 is 1.44 bits per heavy atom. The van der Waals surface area contributed by atoms with Crippen LogP contribution in [0.3, 0.4) is 0 Å². The van der Waals surface area contributed by atoms with E-state index in [4.69, 9.17) is 5.73 Å². The summed E-state index contributed by atoms with van der Waals surface area (Å²) in [6, 6.07) is 8.53. The Hall–Kier alpha value is -1.61. The molecule has 0 spiro atoms. The summed E-state index contributed by atoms with van der Waals surface area (Å²) in [5.74, 6) is 0.356. The number of hydrogen-bond donors (Lipinski definition) is 1. The SMILES string of the molecule is Cc1cccc(C(CN)Cn2ccnc2)c1. The average Bonchev–Trinajstić information content (AvgIpc) is 2.78. The lowest BCUT2D eigenvalue weighted by molar-refractivity contribution is 0.566. The minimum atomic E-state index is 0.356. The molecule has 1 heterocycles. The Bertz CT molecular complexity index is 434. The number of nitrogens with two attached hydrogens (primary N) is 1. The Morgan fingerprint density at radius 2 is 2.31 bits per heavy atom. The van der Waals surface area contributed by atoms with Gasteiger partial charge in [0.05, 0.1) is 6.33 Å². The molecule has 2 N–H and O–H groups in total. The number of nitrogens with zero attached hydrogens (tertiary/aromatic N) is 2. The summed E-state index contributed by atoms with van der Waals surface area (Å²) in [7, 11) is 0. The number of aromatic nitrogens is 2. The summed E-state index contributed by atoms with van der Waals surface area (Å²) in [6.45, 7) is 3.65. The third kappa shape index (κ3) is 2.49. The maximum Gasteiger partial charge on any atom is 0.0946 e. The smallest absolute Gasteiger partial charge is 0.0946 e. The van der Waals surface area contributed by atoms with E-state index < -0.39 is 0 Å². The summed E-state index contributed by atoms with van der Waals surface area (Å²) in [6.07, 6.45) is 5.60. The molecule has 0 amide bonds. The number of aryl methyl sites for hydroxylation is 1. The van der Waals surface area contributed by atoms with Crippen molar-refractivity contribution in [2.45, 2.75) is 19.4 Å². The lowest BCUT2D eigenvalue weighted by atomic mass is 9.97. The van der Waals surface area contributed by atoms with Gasteiger partial charge in [0.25, 0.3) is 0 Å². The summed E-state index contributed by atoms with van der Waals surface area (Å²) in [5, 5.41) is 0. The second-order valence-electron chi connectivity index (χ2n) is 4.11. The van der Waals surface area contributed by atoms with Gasteiger partial charge in [-0.05, 0) is 12.5 Å². The number of benzene rings is 1. The zero-order valence-electron chi connectivity index (χ0n) is 9.50. The van der Waals surface area contributed by atoms with Crippen LogP contribution in [0, 0.1) is 6.92 Å². The highest BCUT2D eigenvalue weighted by Crippen LogP contribution is 2.17. The molecule has 3 heteroatoms. The summed E-state index contributed by atoms with van der Waals surface area (Å²) >= 11 is 0. The third-order valence-corrected chi connectivity index (χ3v) is 2.79. The molecule has 0 aliphatic carbocycles. The number of imidazole rings is 1. The van der Waals surface area contributed by atoms with Crippen molar-refractivity contribution in [3.63, 3.8) is 0 Å². The van der Waals surface area contributed by atoms with Crippen LogP contribution in [0.4, 0.5) is 0 Å². The molecular weight excluding hydrogens is 198 g/mol. The number of hydrogen-bond acceptors (Lipinski definition) is 2. The molecule has 0 radical (unpaired) electrons. The van der Waals surface area contributed by atoms with Gasteiger partial charge in [0, 0.05) is 31.4 Å². The van der Waals surface area contributed by atoms with Crippen molar-refractivity contribution in [2.24, 2.45) is 5.73 Å². The van der Waals surface area contributed by atoms with Gasteiger partial charge in [0.15, 0.2) is 0 Å². The first kappa shape index (κ1) is 10.9. The fraction of sp³-hybridized carbons (Fsp3) is 0.308. The largest absolute Gasteiger partial charge is 0.337 e. The van der Waals surface area contributed by atoms with Gasteiger partial charge in [-0.1, -0.05) is 29.8 Å². The van der Waals surface area contributed by atoms with Gasteiger partial charge >= 0.3 is 0 Å². The van der Waals surface area contributed by atoms with Gasteiger partial charge in [0.2, 0.25) is 0 Å². The van der Waals surface area contributed by atoms with Crippen molar-refractivity contribution >= 4 is 0 Å². The molecule has 16 heavy (non-hydrogen) atoms. The first-order valence-corrected chi connectivity index (χ1v) is 5.52. The van der Waals surface area contributed by atoms with E-state index in [9.17, 15) is 0 Å². The average molecular weight is 215 g/mol. The van der Waals surface area contributed by atoms with Crippen molar-refractivity contribution in [1.29, 1.82) is 0 Å². The molecule has 0 saturated carbocycles. The molecule has 0 fully saturated rings. The highest BCUT2D eigenvalue weighted by atomic mass is 15.0. The van der Waals surface area contributed by atoms with E-state index in [1.165, 1.54) is 11.1 Å². The molecule has 0 bridgehead atoms. The molecule has 1 aromatic carbocycles. The normalized spacial score (nSPS) is 12.6. The molecule has 0 saturated heterocycles. The van der Waals surface area contributed by atoms with Crippen LogP contribution >= 0.6 is 0 Å². The van der Waals surface area contributed by atoms with Gasteiger partial charge in [-0.25, -0.2) is 4.98 Å². The third-order valence-electron chi connectivity index (χ3n) is 2.79. The van der Waals surface area contributed by atoms with Gasteiger partial charge in [-0.2, -0.15) is 0 Å². The van der Waals surface area contributed by atoms with Crippen molar-refractivity contribution in [3.8, 4) is 0 Å². The predicted molar refractivity (Wildman–Crippen MR) is 65.2 cm³/mol. The minimum Gasteiger partial charge on any atom is -0.337 e. The van der Waals surface area contributed by atoms with E-state index in [0.29, 0.717) is 12.5 Å². The van der Waals surface area contributed by atoms with Crippen molar-refractivity contribution < 1.29 is 0 Å². The predicted octanol–water partition coefficient (Wildman–Crippen LogP) is 1.93. The van der Waals surface area contributed by atoms with E-state index in [0.717, 1.165) is 6.54 Å². The Kier molecular flexibility index (Phi) is 3.37. The van der Waals surface area contributed by atoms with Crippen LogP contribution in [0.15, 0.2) is 43.0 Å². The quantitative estimate of drug-likeness (QED) is 0.847. The Labute approximate surface area is 95.9 Å². The van der Waals surface area contributed by atoms with Crippen LogP contribution in [0.25, 0.3) is 0 Å². The maximum atomic E-state index is 5.84. The van der Waals surface area contributed by atoms with Crippen LogP contribution in [-0.2, 0) is 6.54 Å². The fourth-order valence-electron chi connectivity index (χ4n) is 1.89. The number of rotatable bonds is 4. The topological polar surface area (TPSA) is 43.8 Å². The molecule has 2 rings (SSSR count). The monoisotopic (exact) mass is 215 g/mol. The molecular formula is C13H17N3. The molecule has 2 aromatic rings. The van der Waals surface area contributed by atoms with E-state index >= 15 is 0 Å². The van der Waals surface area contributed by atoms with Crippen LogP contribution in [0.5, 0.6) is 0 Å². The second-order valence-corrected chi connectivity index (χ2v) is 4.11. The van der Waals surface area contributed by atoms with Crippen molar-refractivity contribution in [3.05, 3.63) is 54.1 Å². The molecule has 1 aromatic heterocycles. The zero-order chi connectivity index (χ0) is 11.4. The van der Waals surface area contributed by atoms with Crippen LogP contribution in [-0.4, -0.2) is 16.1 Å². The molecule has 84 valence electrons. The first-order chi connectivity index (χ1) is 7.79. The van der Waals surface area contributed by atoms with Crippen LogP contribution in [0.2, 0.25) is 0 Å². The highest BCUT2D eigenvalue weighted by molar-refractivity contribution is 5.25. The van der Waals surface area contributed by atoms with E-state index in [1.54, 1.807) is 6.20 Å². The summed E-state index contributed by atoms with van der Waals surface area (Å²) in [5.41, 5.74) is 8.42. The van der Waals surface area contributed by atoms with Gasteiger partial charge in [-0.15, -0.1) is 0 Å². The van der Waals surface area contributed by atoms with E-state index in [2.05, 4.69) is 40.7 Å². The first-order valence-electron chi connectivity index (χ1n) is 5.52. The van der Waals surface area contributed by atoms with Crippen LogP contribution in [0.1, 0.15) is 17.0 Å². The lowest BCUT2D eigenvalue weighted by Crippen LogP contribution is -2.17. The highest BCUT2D eigenvalue weighted by Gasteiger charge is 2.10. The van der Waals surface area contributed by atoms with Crippen molar-refractivity contribution in [2.75, 3.05) is 6.54 Å². The Morgan fingerprint density at radius 3 is 2.94 bits per heavy atom. The van der Waals surface area contributed by atoms with Crippen LogP contribution < -0.4 is 5.73 Å². The van der Waals surface area contributed by atoms with E-state index in [-0.39, 0.29) is 0 Å². The minimum absolute atomic E-state index is 0.356. The lowest BCUT2D eigenvalue weighted by Gasteiger charge is -2.16. The van der Waals surface area contributed by atoms with Crippen molar-refractivity contribution in [1.82, 2.24) is 9.55 Å². The van der Waals surface area contributed by atoms with Gasteiger partial charge < -0.3 is 10.3 Å². The van der Waals surface area contributed by atoms with E-state index in [1.807, 2.05) is 12.5 Å². The van der Waals surface area contributed by atoms with Gasteiger partial charge in [0.1, 0.15) is 0 Å². The second kappa shape index (κ2) is 4.94. The standard InChI is InChI=1S/C13H17N3/c1-11-3-2-4-12(7-11)13(8-14)9-16-6-5-15-10-16/h2-7,10,13H,8-9,14H2,1H3. The zero-order valence-corrected chi connectivity index (χ0v) is 9.50. The fourth-order valence-corrected chi connectivity index (χ4v) is 1.89. The molecule has 0 aliphatic heterocycles. The van der Waals surface area contributed by atoms with Gasteiger partial charge in [-0.3, -0.25) is 0 Å². The molecule has 1 atom stereocenters.